The molecule has 0 spiro atoms. The summed E-state index contributed by atoms with van der Waals surface area (Å²) in [5.74, 6) is 9.35. The molecule has 0 saturated carbocycles. The molecular formula is C65H154. The molecule has 0 aromatic carbocycles. The molecule has 0 aliphatic carbocycles. The first-order valence-corrected chi connectivity index (χ1v) is 27.8. The van der Waals surface area contributed by atoms with Crippen LogP contribution in [0.5, 0.6) is 0 Å². The lowest BCUT2D eigenvalue weighted by atomic mass is 9.78. The van der Waals surface area contributed by atoms with Gasteiger partial charge in [0.05, 0.1) is 0 Å². The van der Waals surface area contributed by atoms with Crippen molar-refractivity contribution in [1.82, 2.24) is 0 Å². The van der Waals surface area contributed by atoms with Crippen molar-refractivity contribution in [1.29, 1.82) is 0 Å². The fourth-order valence-corrected chi connectivity index (χ4v) is 8.68. The highest BCUT2D eigenvalue weighted by atomic mass is 14.3. The van der Waals surface area contributed by atoms with Crippen LogP contribution in [0.1, 0.15) is 365 Å². The van der Waals surface area contributed by atoms with Crippen molar-refractivity contribution in [2.24, 2.45) is 64.6 Å². The summed E-state index contributed by atoms with van der Waals surface area (Å²) in [5, 5.41) is 0. The zero-order valence-corrected chi connectivity index (χ0v) is 47.2. The van der Waals surface area contributed by atoms with Crippen LogP contribution in [0.25, 0.3) is 0 Å². The van der Waals surface area contributed by atoms with Crippen molar-refractivity contribution in [2.75, 3.05) is 0 Å². The highest BCUT2D eigenvalue weighted by Crippen LogP contribution is 2.33. The Hall–Kier alpha value is 0. The summed E-state index contributed by atoms with van der Waals surface area (Å²) >= 11 is 0. The van der Waals surface area contributed by atoms with Gasteiger partial charge in [-0.05, 0) is 71.0 Å². The van der Waals surface area contributed by atoms with Crippen LogP contribution in [0.4, 0.5) is 0 Å². The molecular weight excluding hydrogens is 781 g/mol. The fourth-order valence-electron chi connectivity index (χ4n) is 8.68. The highest BCUT2D eigenvalue weighted by molar-refractivity contribution is 4.72. The molecule has 0 aliphatic heterocycles. The molecule has 10 atom stereocenters. The van der Waals surface area contributed by atoms with Crippen LogP contribution in [0.2, 0.25) is 0 Å². The van der Waals surface area contributed by atoms with E-state index in [-0.39, 0.29) is 44.6 Å². The topological polar surface area (TPSA) is 0 Å². The molecule has 0 saturated heterocycles. The number of hydrogen-bond acceptors (Lipinski definition) is 0. The lowest BCUT2D eigenvalue weighted by molar-refractivity contribution is 0.240. The Kier molecular flexibility index (Phi) is 103. The summed E-state index contributed by atoms with van der Waals surface area (Å²) in [6.07, 6.45) is 33.0. The van der Waals surface area contributed by atoms with Gasteiger partial charge in [0.1, 0.15) is 0 Å². The minimum Gasteiger partial charge on any atom is -0.0776 e. The first-order chi connectivity index (χ1) is 27.8. The van der Waals surface area contributed by atoms with Crippen LogP contribution in [-0.4, -0.2) is 0 Å². The minimum atomic E-state index is 0. The second kappa shape index (κ2) is 70.6. The quantitative estimate of drug-likeness (QED) is 0.0701. The van der Waals surface area contributed by atoms with E-state index < -0.39 is 0 Å². The largest absolute Gasteiger partial charge is 0.0776 e. The maximum atomic E-state index is 2.39. The molecule has 65 heavy (non-hydrogen) atoms. The molecule has 0 heteroatoms. The van der Waals surface area contributed by atoms with Crippen LogP contribution < -0.4 is 0 Å². The van der Waals surface area contributed by atoms with Crippen molar-refractivity contribution in [3.05, 3.63) is 0 Å². The molecule has 0 nitrogen and oxygen atoms in total. The van der Waals surface area contributed by atoms with Gasteiger partial charge in [-0.1, -0.05) is 358 Å². The van der Waals surface area contributed by atoms with Gasteiger partial charge in [0.15, 0.2) is 0 Å². The summed E-state index contributed by atoms with van der Waals surface area (Å²) in [6.45, 7) is 55.6. The van der Waals surface area contributed by atoms with Crippen LogP contribution in [-0.2, 0) is 0 Å². The zero-order chi connectivity index (χ0) is 47.2. The highest BCUT2D eigenvalue weighted by Gasteiger charge is 2.20. The second-order valence-corrected chi connectivity index (χ2v) is 20.8. The molecule has 0 rings (SSSR count). The van der Waals surface area contributed by atoms with Gasteiger partial charge in [-0.2, -0.15) is 0 Å². The lowest BCUT2D eigenvalue weighted by Crippen LogP contribution is -2.15. The van der Waals surface area contributed by atoms with Gasteiger partial charge in [0.2, 0.25) is 0 Å². The summed E-state index contributed by atoms with van der Waals surface area (Å²) < 4.78 is 0. The van der Waals surface area contributed by atoms with E-state index in [0.29, 0.717) is 5.41 Å². The van der Waals surface area contributed by atoms with Crippen molar-refractivity contribution in [3.63, 3.8) is 0 Å². The number of rotatable bonds is 29. The van der Waals surface area contributed by atoms with Crippen molar-refractivity contribution >= 4 is 0 Å². The normalized spacial score (nSPS) is 14.6. The molecule has 0 aromatic heterocycles. The Bertz CT molecular complexity index is 645. The molecule has 0 amide bonds. The van der Waals surface area contributed by atoms with Crippen molar-refractivity contribution in [3.8, 4) is 0 Å². The Morgan fingerprint density at radius 1 is 0.231 bits per heavy atom. The summed E-state index contributed by atoms with van der Waals surface area (Å²) in [4.78, 5) is 0. The van der Waals surface area contributed by atoms with Gasteiger partial charge < -0.3 is 0 Å². The van der Waals surface area contributed by atoms with Crippen molar-refractivity contribution in [2.45, 2.75) is 365 Å². The van der Waals surface area contributed by atoms with E-state index >= 15 is 0 Å². The Morgan fingerprint density at radius 3 is 0.585 bits per heavy atom. The van der Waals surface area contributed by atoms with Gasteiger partial charge >= 0.3 is 0 Å². The van der Waals surface area contributed by atoms with E-state index in [2.05, 4.69) is 166 Å². The molecule has 414 valence electrons. The van der Waals surface area contributed by atoms with E-state index in [1.165, 1.54) is 154 Å². The summed E-state index contributed by atoms with van der Waals surface area (Å²) in [5.41, 5.74) is 0.667. The van der Waals surface area contributed by atoms with E-state index in [1.54, 1.807) is 0 Å². The third-order valence-corrected chi connectivity index (χ3v) is 15.2. The first kappa shape index (κ1) is 94.8. The number of hydrogen-bond donors (Lipinski definition) is 0. The lowest BCUT2D eigenvalue weighted by Gasteiger charge is -2.28. The van der Waals surface area contributed by atoms with E-state index in [0.717, 1.165) is 59.2 Å². The molecule has 0 aliphatic rings. The molecule has 0 heterocycles. The fraction of sp³-hybridized carbons (Fsp3) is 1.00. The SMILES string of the molecule is C.C.C.C.C.C.CCC(C)C(C)CC.CCC(CC)(CC)CC.CCCC(C)C(C)CC.CCCC(C)C(C)CCC.CCCC(C)CC(C)CCC.CCCC(C)CCC(C)CCC. The van der Waals surface area contributed by atoms with Crippen LogP contribution in [0, 0.1) is 64.6 Å². The molecule has 0 N–H and O–H groups in total. The molecule has 0 fully saturated rings. The van der Waals surface area contributed by atoms with Gasteiger partial charge in [-0.25, -0.2) is 0 Å². The Morgan fingerprint density at radius 2 is 0.415 bits per heavy atom. The van der Waals surface area contributed by atoms with E-state index in [9.17, 15) is 0 Å². The van der Waals surface area contributed by atoms with Crippen LogP contribution >= 0.6 is 0 Å². The predicted molar refractivity (Wildman–Crippen MR) is 325 cm³/mol. The monoisotopic (exact) mass is 935 g/mol. The molecule has 0 radical (unpaired) electrons. The third-order valence-electron chi connectivity index (χ3n) is 15.2. The molecule has 0 aromatic rings. The average Bonchev–Trinajstić information content (AvgIpc) is 3.22. The van der Waals surface area contributed by atoms with E-state index in [4.69, 9.17) is 0 Å². The summed E-state index contributed by atoms with van der Waals surface area (Å²) in [7, 11) is 0. The maximum absolute atomic E-state index is 2.39. The first-order valence-electron chi connectivity index (χ1n) is 27.8. The van der Waals surface area contributed by atoms with Crippen LogP contribution in [0.3, 0.4) is 0 Å². The van der Waals surface area contributed by atoms with Gasteiger partial charge in [0, 0.05) is 0 Å². The smallest absolute Gasteiger partial charge is 0.0308 e. The van der Waals surface area contributed by atoms with Crippen LogP contribution in [0.15, 0.2) is 0 Å². The standard InChI is InChI=1S/C12H26.C11H24.C10H22.2C9H20.C8H18.6CH4/c1-5-7-11(3)9-10-12(4)8-6-2;1-5-7-10(3)9-11(4)8-6-2;1-5-7-9(3)10(4)8-6-2;1-5-7-9(4)8(3)6-2;1-5-9(6-2,7-3)8-4;1-5-7(3)8(4)6-2;;;;;;/h11-12H,5-10H2,1-4H3;10-11H,5-9H2,1-4H3;9-10H,5-8H2,1-4H3;8-9H,5-7H2,1-4H3;5-8H2,1-4H3;7-8H,5-6H2,1-4H3;6*1H4. The molecule has 0 bridgehead atoms. The Labute approximate surface area is 427 Å². The summed E-state index contributed by atoms with van der Waals surface area (Å²) in [6, 6.07) is 0. The van der Waals surface area contributed by atoms with Gasteiger partial charge in [-0.3, -0.25) is 0 Å². The second-order valence-electron chi connectivity index (χ2n) is 20.8. The predicted octanol–water partition coefficient (Wildman–Crippen LogP) is 26.7. The van der Waals surface area contributed by atoms with Gasteiger partial charge in [0.25, 0.3) is 0 Å². The van der Waals surface area contributed by atoms with Crippen molar-refractivity contribution < 1.29 is 0 Å². The third kappa shape index (κ3) is 68.3. The van der Waals surface area contributed by atoms with Gasteiger partial charge in [-0.15, -0.1) is 0 Å². The zero-order valence-electron chi connectivity index (χ0n) is 47.2. The Balaban J connectivity index is -0.0000000511. The minimum absolute atomic E-state index is 0. The average molecular weight is 936 g/mol. The maximum Gasteiger partial charge on any atom is -0.0308 e. The van der Waals surface area contributed by atoms with E-state index in [1.807, 2.05) is 0 Å². The molecule has 10 unspecified atom stereocenters.